The highest BCUT2D eigenvalue weighted by Crippen LogP contribution is 2.30. The van der Waals surface area contributed by atoms with Gasteiger partial charge in [0, 0.05) is 27.4 Å². The van der Waals surface area contributed by atoms with Crippen molar-refractivity contribution in [2.45, 2.75) is 13.3 Å². The van der Waals surface area contributed by atoms with Crippen molar-refractivity contribution in [1.29, 1.82) is 0 Å². The minimum Gasteiger partial charge on any atom is -0.461 e. The van der Waals surface area contributed by atoms with Crippen LogP contribution in [0.2, 0.25) is 0 Å². The van der Waals surface area contributed by atoms with E-state index in [1.54, 1.807) is 0 Å². The number of hydrogen-bond donors (Lipinski definition) is 0. The van der Waals surface area contributed by atoms with Gasteiger partial charge in [0.05, 0.1) is 0 Å². The molecule has 0 fully saturated rings. The lowest BCUT2D eigenvalue weighted by atomic mass is 10.0. The van der Waals surface area contributed by atoms with E-state index < -0.39 is 0 Å². The Morgan fingerprint density at radius 1 is 1.04 bits per heavy atom. The number of nitrogens with zero attached hydrogens (tertiary/aromatic N) is 1. The molecule has 0 saturated carbocycles. The third kappa shape index (κ3) is 2.70. The van der Waals surface area contributed by atoms with Crippen LogP contribution >= 0.6 is 15.9 Å². The zero-order valence-electron chi connectivity index (χ0n) is 12.5. The van der Waals surface area contributed by atoms with E-state index in [0.717, 1.165) is 43.8 Å². The van der Waals surface area contributed by atoms with Crippen LogP contribution in [0.25, 0.3) is 22.2 Å². The normalized spacial score (nSPS) is 11.2. The Balaban J connectivity index is 1.74. The summed E-state index contributed by atoms with van der Waals surface area (Å²) < 4.78 is 12.4. The molecule has 0 aliphatic rings. The van der Waals surface area contributed by atoms with Gasteiger partial charge in [-0.3, -0.25) is 0 Å². The predicted octanol–water partition coefficient (Wildman–Crippen LogP) is 5.75. The molecule has 4 rings (SSSR count). The average molecular weight is 368 g/mol. The molecule has 0 atom stereocenters. The Morgan fingerprint density at radius 2 is 1.87 bits per heavy atom. The molecule has 0 N–H and O–H groups in total. The maximum atomic E-state index is 5.95. The molecule has 114 valence electrons. The standard InChI is InChI=1S/C19H14BrNO2/c1-12-17(19(21-23-12)13-5-3-2-4-6-13)11-16-10-14-9-15(20)7-8-18(14)22-16/h2-10H,11H2,1H3. The van der Waals surface area contributed by atoms with E-state index in [1.807, 2.05) is 49.4 Å². The highest BCUT2D eigenvalue weighted by Gasteiger charge is 2.17. The second kappa shape index (κ2) is 5.70. The van der Waals surface area contributed by atoms with Gasteiger partial charge in [0.2, 0.25) is 0 Å². The van der Waals surface area contributed by atoms with Gasteiger partial charge in [-0.1, -0.05) is 51.4 Å². The first-order chi connectivity index (χ1) is 11.2. The topological polar surface area (TPSA) is 39.2 Å². The summed E-state index contributed by atoms with van der Waals surface area (Å²) in [7, 11) is 0. The van der Waals surface area contributed by atoms with Crippen molar-refractivity contribution in [2.24, 2.45) is 0 Å². The summed E-state index contributed by atoms with van der Waals surface area (Å²) in [5.41, 5.74) is 3.89. The summed E-state index contributed by atoms with van der Waals surface area (Å²) in [4.78, 5) is 0. The minimum atomic E-state index is 0.659. The van der Waals surface area contributed by atoms with Gasteiger partial charge >= 0.3 is 0 Å². The number of furan rings is 1. The number of fused-ring (bicyclic) bond motifs is 1. The first-order valence-corrected chi connectivity index (χ1v) is 8.18. The van der Waals surface area contributed by atoms with Crippen molar-refractivity contribution in [3.63, 3.8) is 0 Å². The summed E-state index contributed by atoms with van der Waals surface area (Å²) in [6.07, 6.45) is 0.659. The fraction of sp³-hybridized carbons (Fsp3) is 0.105. The molecular weight excluding hydrogens is 354 g/mol. The van der Waals surface area contributed by atoms with Crippen LogP contribution in [-0.4, -0.2) is 5.16 Å². The van der Waals surface area contributed by atoms with E-state index in [4.69, 9.17) is 8.94 Å². The van der Waals surface area contributed by atoms with E-state index in [0.29, 0.717) is 6.42 Å². The molecule has 0 amide bonds. The number of hydrogen-bond acceptors (Lipinski definition) is 3. The molecular formula is C19H14BrNO2. The lowest BCUT2D eigenvalue weighted by Gasteiger charge is -2.00. The second-order valence-corrected chi connectivity index (χ2v) is 6.42. The van der Waals surface area contributed by atoms with Crippen LogP contribution in [0.4, 0.5) is 0 Å². The lowest BCUT2D eigenvalue weighted by Crippen LogP contribution is -1.90. The van der Waals surface area contributed by atoms with Gasteiger partial charge in [0.25, 0.3) is 0 Å². The monoisotopic (exact) mass is 367 g/mol. The SMILES string of the molecule is Cc1onc(-c2ccccc2)c1Cc1cc2cc(Br)ccc2o1. The van der Waals surface area contributed by atoms with Crippen molar-refractivity contribution in [1.82, 2.24) is 5.16 Å². The van der Waals surface area contributed by atoms with Crippen LogP contribution in [0.3, 0.4) is 0 Å². The van der Waals surface area contributed by atoms with E-state index in [-0.39, 0.29) is 0 Å². The molecule has 0 unspecified atom stereocenters. The Labute approximate surface area is 142 Å². The highest BCUT2D eigenvalue weighted by atomic mass is 79.9. The number of aromatic nitrogens is 1. The third-order valence-corrected chi connectivity index (χ3v) is 4.41. The molecule has 4 heteroatoms. The summed E-state index contributed by atoms with van der Waals surface area (Å²) >= 11 is 3.49. The molecule has 2 heterocycles. The van der Waals surface area contributed by atoms with Gasteiger partial charge < -0.3 is 8.94 Å². The molecule has 0 spiro atoms. The van der Waals surface area contributed by atoms with E-state index in [9.17, 15) is 0 Å². The highest BCUT2D eigenvalue weighted by molar-refractivity contribution is 9.10. The molecule has 2 aromatic carbocycles. The number of rotatable bonds is 3. The van der Waals surface area contributed by atoms with Crippen molar-refractivity contribution < 1.29 is 8.94 Å². The van der Waals surface area contributed by atoms with Gasteiger partial charge in [-0.05, 0) is 31.2 Å². The van der Waals surface area contributed by atoms with Crippen LogP contribution in [-0.2, 0) is 6.42 Å². The van der Waals surface area contributed by atoms with E-state index in [1.165, 1.54) is 0 Å². The number of aryl methyl sites for hydroxylation is 1. The van der Waals surface area contributed by atoms with Gasteiger partial charge in [-0.15, -0.1) is 0 Å². The van der Waals surface area contributed by atoms with Crippen molar-refractivity contribution >= 4 is 26.9 Å². The lowest BCUT2D eigenvalue weighted by molar-refractivity contribution is 0.398. The van der Waals surface area contributed by atoms with E-state index >= 15 is 0 Å². The van der Waals surface area contributed by atoms with Crippen LogP contribution in [0.5, 0.6) is 0 Å². The number of benzene rings is 2. The van der Waals surface area contributed by atoms with Crippen molar-refractivity contribution in [3.8, 4) is 11.3 Å². The molecule has 4 aromatic rings. The first-order valence-electron chi connectivity index (χ1n) is 7.39. The van der Waals surface area contributed by atoms with Gasteiger partial charge in [-0.2, -0.15) is 0 Å². The zero-order valence-corrected chi connectivity index (χ0v) is 14.1. The average Bonchev–Trinajstić information content (AvgIpc) is 3.12. The Hall–Kier alpha value is -2.33. The molecule has 3 nitrogen and oxygen atoms in total. The fourth-order valence-electron chi connectivity index (χ4n) is 2.75. The largest absolute Gasteiger partial charge is 0.461 e. The molecule has 0 radical (unpaired) electrons. The Kier molecular flexibility index (Phi) is 3.54. The maximum absolute atomic E-state index is 5.95. The Morgan fingerprint density at radius 3 is 2.70 bits per heavy atom. The second-order valence-electron chi connectivity index (χ2n) is 5.50. The van der Waals surface area contributed by atoms with Crippen LogP contribution in [0.1, 0.15) is 17.1 Å². The third-order valence-electron chi connectivity index (χ3n) is 3.91. The summed E-state index contributed by atoms with van der Waals surface area (Å²) in [6, 6.07) is 18.2. The summed E-state index contributed by atoms with van der Waals surface area (Å²) in [5.74, 6) is 1.73. The molecule has 0 saturated heterocycles. The predicted molar refractivity (Wildman–Crippen MR) is 93.4 cm³/mol. The summed E-state index contributed by atoms with van der Waals surface area (Å²) in [5, 5.41) is 5.31. The van der Waals surface area contributed by atoms with Gasteiger partial charge in [0.15, 0.2) is 0 Å². The van der Waals surface area contributed by atoms with Crippen LogP contribution in [0, 0.1) is 6.92 Å². The first kappa shape index (κ1) is 14.3. The molecule has 0 aliphatic carbocycles. The molecule has 0 aliphatic heterocycles. The smallest absolute Gasteiger partial charge is 0.137 e. The van der Waals surface area contributed by atoms with Gasteiger partial charge in [-0.25, -0.2) is 0 Å². The van der Waals surface area contributed by atoms with E-state index in [2.05, 4.69) is 33.2 Å². The quantitative estimate of drug-likeness (QED) is 0.462. The molecule has 2 aromatic heterocycles. The van der Waals surface area contributed by atoms with Crippen molar-refractivity contribution in [3.05, 3.63) is 76.2 Å². The Bertz CT molecular complexity index is 970. The fourth-order valence-corrected chi connectivity index (χ4v) is 3.13. The van der Waals surface area contributed by atoms with Crippen molar-refractivity contribution in [2.75, 3.05) is 0 Å². The minimum absolute atomic E-state index is 0.659. The number of halogens is 1. The van der Waals surface area contributed by atoms with Crippen LogP contribution < -0.4 is 0 Å². The molecule has 23 heavy (non-hydrogen) atoms. The maximum Gasteiger partial charge on any atom is 0.137 e. The van der Waals surface area contributed by atoms with Gasteiger partial charge in [0.1, 0.15) is 22.8 Å². The van der Waals surface area contributed by atoms with Crippen LogP contribution in [0.15, 0.2) is 68.0 Å². The zero-order chi connectivity index (χ0) is 15.8. The summed E-state index contributed by atoms with van der Waals surface area (Å²) in [6.45, 7) is 1.94. The molecule has 0 bridgehead atoms.